The summed E-state index contributed by atoms with van der Waals surface area (Å²) in [5.74, 6) is 0.689. The van der Waals surface area contributed by atoms with Crippen LogP contribution >= 0.6 is 11.8 Å². The summed E-state index contributed by atoms with van der Waals surface area (Å²) in [6.07, 6.45) is 3.11. The van der Waals surface area contributed by atoms with Crippen LogP contribution in [0, 0.1) is 11.3 Å². The first-order chi connectivity index (χ1) is 9.38. The van der Waals surface area contributed by atoms with Gasteiger partial charge in [-0.25, -0.2) is 15.0 Å². The van der Waals surface area contributed by atoms with Crippen molar-refractivity contribution in [3.8, 4) is 6.07 Å². The average Bonchev–Trinajstić information content (AvgIpc) is 2.94. The molecule has 0 bridgehead atoms. The number of benzene rings is 1. The van der Waals surface area contributed by atoms with Gasteiger partial charge in [-0.15, -0.1) is 0 Å². The van der Waals surface area contributed by atoms with Gasteiger partial charge in [-0.3, -0.25) is 0 Å². The normalized spacial score (nSPS) is 10.5. The number of aromatic nitrogens is 4. The van der Waals surface area contributed by atoms with Crippen molar-refractivity contribution in [2.24, 2.45) is 0 Å². The Hall–Kier alpha value is -2.39. The molecular weight excluding hydrogens is 258 g/mol. The van der Waals surface area contributed by atoms with Gasteiger partial charge in [0.15, 0.2) is 5.65 Å². The molecule has 0 aliphatic rings. The van der Waals surface area contributed by atoms with Crippen LogP contribution in [0.4, 0.5) is 0 Å². The summed E-state index contributed by atoms with van der Waals surface area (Å²) in [5, 5.41) is 9.90. The molecule has 0 saturated heterocycles. The molecule has 19 heavy (non-hydrogen) atoms. The molecule has 1 N–H and O–H groups in total. The van der Waals surface area contributed by atoms with Crippen LogP contribution in [0.15, 0.2) is 41.9 Å². The lowest BCUT2D eigenvalue weighted by Crippen LogP contribution is -1.90. The zero-order valence-electron chi connectivity index (χ0n) is 9.87. The molecule has 0 atom stereocenters. The number of fused-ring (bicyclic) bond motifs is 1. The summed E-state index contributed by atoms with van der Waals surface area (Å²) in [4.78, 5) is 15.4. The Labute approximate surface area is 113 Å². The second-order valence-electron chi connectivity index (χ2n) is 3.84. The van der Waals surface area contributed by atoms with Crippen molar-refractivity contribution in [3.63, 3.8) is 0 Å². The fourth-order valence-corrected chi connectivity index (χ4v) is 2.71. The molecule has 92 valence electrons. The van der Waals surface area contributed by atoms with Crippen molar-refractivity contribution in [2.75, 3.05) is 0 Å². The fraction of sp³-hybridized carbons (Fsp3) is 0.0769. The Morgan fingerprint density at radius 3 is 3.00 bits per heavy atom. The van der Waals surface area contributed by atoms with Gasteiger partial charge >= 0.3 is 0 Å². The molecule has 5 nitrogen and oxygen atoms in total. The van der Waals surface area contributed by atoms with Crippen LogP contribution in [-0.4, -0.2) is 19.9 Å². The van der Waals surface area contributed by atoms with E-state index in [0.29, 0.717) is 17.0 Å². The Balaban J connectivity index is 1.87. The molecular formula is C13H9N5S. The molecule has 2 aromatic heterocycles. The second-order valence-corrected chi connectivity index (χ2v) is 4.80. The van der Waals surface area contributed by atoms with Crippen LogP contribution in [-0.2, 0) is 5.75 Å². The zero-order chi connectivity index (χ0) is 13.1. The Morgan fingerprint density at radius 2 is 2.11 bits per heavy atom. The molecule has 0 aliphatic carbocycles. The largest absolute Gasteiger partial charge is 0.341 e. The molecule has 0 unspecified atom stereocenters. The number of thioether (sulfide) groups is 1. The Kier molecular flexibility index (Phi) is 3.12. The molecule has 0 radical (unpaired) electrons. The predicted molar refractivity (Wildman–Crippen MR) is 72.4 cm³/mol. The molecule has 0 aliphatic heterocycles. The molecule has 1 aromatic carbocycles. The fourth-order valence-electron chi connectivity index (χ4n) is 1.75. The van der Waals surface area contributed by atoms with E-state index in [9.17, 15) is 0 Å². The van der Waals surface area contributed by atoms with Gasteiger partial charge in [0.2, 0.25) is 0 Å². The minimum absolute atomic E-state index is 0.658. The topological polar surface area (TPSA) is 78.2 Å². The van der Waals surface area contributed by atoms with E-state index < -0.39 is 0 Å². The number of H-pyrrole nitrogens is 1. The number of rotatable bonds is 3. The molecule has 0 spiro atoms. The highest BCUT2D eigenvalue weighted by atomic mass is 32.2. The lowest BCUT2D eigenvalue weighted by Gasteiger charge is -2.03. The van der Waals surface area contributed by atoms with E-state index in [4.69, 9.17) is 5.26 Å². The first-order valence-corrected chi connectivity index (χ1v) is 6.62. The van der Waals surface area contributed by atoms with Gasteiger partial charge in [0.1, 0.15) is 16.9 Å². The highest BCUT2D eigenvalue weighted by Gasteiger charge is 2.08. The summed E-state index contributed by atoms with van der Waals surface area (Å²) in [6, 6.07) is 9.77. The summed E-state index contributed by atoms with van der Waals surface area (Å²) in [7, 11) is 0. The van der Waals surface area contributed by atoms with Crippen LogP contribution < -0.4 is 0 Å². The van der Waals surface area contributed by atoms with Crippen molar-refractivity contribution in [3.05, 3.63) is 48.0 Å². The van der Waals surface area contributed by atoms with Gasteiger partial charge in [-0.2, -0.15) is 5.26 Å². The van der Waals surface area contributed by atoms with E-state index in [2.05, 4.69) is 26.0 Å². The minimum atomic E-state index is 0.658. The third-order valence-electron chi connectivity index (χ3n) is 2.69. The van der Waals surface area contributed by atoms with E-state index in [1.807, 2.05) is 24.3 Å². The number of imidazole rings is 1. The summed E-state index contributed by atoms with van der Waals surface area (Å²) >= 11 is 1.56. The van der Waals surface area contributed by atoms with E-state index in [-0.39, 0.29) is 0 Å². The summed E-state index contributed by atoms with van der Waals surface area (Å²) in [6.45, 7) is 0. The SMILES string of the molecule is N#Cc1ccccc1CSc1ncnc2nc[nH]c12. The number of aromatic amines is 1. The van der Waals surface area contributed by atoms with Crippen molar-refractivity contribution in [1.29, 1.82) is 5.26 Å². The molecule has 3 rings (SSSR count). The first kappa shape index (κ1) is 11.7. The van der Waals surface area contributed by atoms with Crippen LogP contribution in [0.25, 0.3) is 11.2 Å². The van der Waals surface area contributed by atoms with E-state index in [1.54, 1.807) is 18.1 Å². The van der Waals surface area contributed by atoms with Gasteiger partial charge in [-0.05, 0) is 11.6 Å². The molecule has 0 fully saturated rings. The Bertz CT molecular complexity index is 759. The highest BCUT2D eigenvalue weighted by Crippen LogP contribution is 2.26. The number of nitrogens with zero attached hydrogens (tertiary/aromatic N) is 4. The number of nitriles is 1. The zero-order valence-corrected chi connectivity index (χ0v) is 10.7. The number of hydrogen-bond acceptors (Lipinski definition) is 5. The summed E-state index contributed by atoms with van der Waals surface area (Å²) in [5.41, 5.74) is 3.19. The third kappa shape index (κ3) is 2.28. The third-order valence-corrected chi connectivity index (χ3v) is 3.73. The average molecular weight is 267 g/mol. The number of hydrogen-bond donors (Lipinski definition) is 1. The van der Waals surface area contributed by atoms with Gasteiger partial charge in [0, 0.05) is 5.75 Å². The van der Waals surface area contributed by atoms with E-state index >= 15 is 0 Å². The van der Waals surface area contributed by atoms with Crippen LogP contribution in [0.2, 0.25) is 0 Å². The molecule has 0 amide bonds. The van der Waals surface area contributed by atoms with Gasteiger partial charge in [-0.1, -0.05) is 30.0 Å². The van der Waals surface area contributed by atoms with E-state index in [0.717, 1.165) is 16.1 Å². The molecule has 2 heterocycles. The lowest BCUT2D eigenvalue weighted by molar-refractivity contribution is 1.08. The van der Waals surface area contributed by atoms with Crippen molar-refractivity contribution in [1.82, 2.24) is 19.9 Å². The Morgan fingerprint density at radius 1 is 1.21 bits per heavy atom. The molecule has 3 aromatic rings. The maximum atomic E-state index is 9.05. The van der Waals surface area contributed by atoms with Gasteiger partial charge in [0.25, 0.3) is 0 Å². The van der Waals surface area contributed by atoms with Crippen molar-refractivity contribution in [2.45, 2.75) is 10.8 Å². The molecule has 6 heteroatoms. The smallest absolute Gasteiger partial charge is 0.181 e. The maximum absolute atomic E-state index is 9.05. The quantitative estimate of drug-likeness (QED) is 0.582. The monoisotopic (exact) mass is 267 g/mol. The van der Waals surface area contributed by atoms with E-state index in [1.165, 1.54) is 6.33 Å². The van der Waals surface area contributed by atoms with Crippen molar-refractivity contribution < 1.29 is 0 Å². The lowest BCUT2D eigenvalue weighted by atomic mass is 10.1. The number of nitrogens with one attached hydrogen (secondary N) is 1. The van der Waals surface area contributed by atoms with Crippen molar-refractivity contribution >= 4 is 22.9 Å². The first-order valence-electron chi connectivity index (χ1n) is 5.63. The van der Waals surface area contributed by atoms with Gasteiger partial charge in [0.05, 0.1) is 18.0 Å². The van der Waals surface area contributed by atoms with Crippen LogP contribution in [0.5, 0.6) is 0 Å². The summed E-state index contributed by atoms with van der Waals surface area (Å²) < 4.78 is 0. The minimum Gasteiger partial charge on any atom is -0.341 e. The predicted octanol–water partition coefficient (Wildman–Crippen LogP) is 2.52. The van der Waals surface area contributed by atoms with Gasteiger partial charge < -0.3 is 4.98 Å². The maximum Gasteiger partial charge on any atom is 0.181 e. The second kappa shape index (κ2) is 5.08. The highest BCUT2D eigenvalue weighted by molar-refractivity contribution is 7.98. The molecule has 0 saturated carbocycles. The van der Waals surface area contributed by atoms with Crippen LogP contribution in [0.1, 0.15) is 11.1 Å². The standard InChI is InChI=1S/C13H9N5S/c14-5-9-3-1-2-4-10(9)6-19-13-11-12(16-7-15-11)17-8-18-13/h1-4,7-8H,6H2,(H,15,16,17,18). The van der Waals surface area contributed by atoms with Crippen LogP contribution in [0.3, 0.4) is 0 Å².